The van der Waals surface area contributed by atoms with Crippen molar-refractivity contribution in [2.45, 2.75) is 24.8 Å². The minimum absolute atomic E-state index is 0.0335. The lowest BCUT2D eigenvalue weighted by Gasteiger charge is -2.16. The lowest BCUT2D eigenvalue weighted by Crippen LogP contribution is -2.27. The molecule has 3 aromatic carbocycles. The molecular weight excluding hydrogens is 400 g/mol. The Morgan fingerprint density at radius 2 is 1.63 bits per heavy atom. The van der Waals surface area contributed by atoms with Gasteiger partial charge in [0.05, 0.1) is 17.7 Å². The van der Waals surface area contributed by atoms with Gasteiger partial charge in [-0.15, -0.1) is 0 Å². The van der Waals surface area contributed by atoms with Gasteiger partial charge in [-0.3, -0.25) is 4.79 Å². The number of benzene rings is 3. The first-order valence-corrected chi connectivity index (χ1v) is 10.9. The second-order valence-corrected chi connectivity index (χ2v) is 8.60. The van der Waals surface area contributed by atoms with Crippen LogP contribution in [-0.4, -0.2) is 21.4 Å². The minimum Gasteiger partial charge on any atom is -0.495 e. The molecule has 0 saturated carbocycles. The third-order valence-electron chi connectivity index (χ3n) is 4.75. The number of carbonyl (C=O) groups is 1. The van der Waals surface area contributed by atoms with E-state index in [-0.39, 0.29) is 16.5 Å². The van der Waals surface area contributed by atoms with Crippen LogP contribution in [0.3, 0.4) is 0 Å². The van der Waals surface area contributed by atoms with Crippen LogP contribution >= 0.6 is 0 Å². The second kappa shape index (κ2) is 9.11. The highest BCUT2D eigenvalue weighted by molar-refractivity contribution is 7.89. The molecule has 6 nitrogen and oxygen atoms in total. The third kappa shape index (κ3) is 4.87. The molecule has 7 heteroatoms. The van der Waals surface area contributed by atoms with Crippen LogP contribution in [0.5, 0.6) is 5.75 Å². The van der Waals surface area contributed by atoms with Crippen molar-refractivity contribution in [3.63, 3.8) is 0 Å². The molecule has 0 aliphatic rings. The van der Waals surface area contributed by atoms with Crippen LogP contribution in [-0.2, 0) is 10.0 Å². The number of rotatable bonds is 7. The van der Waals surface area contributed by atoms with Crippen molar-refractivity contribution in [1.29, 1.82) is 0 Å². The van der Waals surface area contributed by atoms with Crippen LogP contribution in [0.15, 0.2) is 77.7 Å². The van der Waals surface area contributed by atoms with Crippen LogP contribution in [0.2, 0.25) is 0 Å². The average molecular weight is 425 g/mol. The number of carbonyl (C=O) groups excluding carboxylic acids is 1. The summed E-state index contributed by atoms with van der Waals surface area (Å²) >= 11 is 0. The van der Waals surface area contributed by atoms with E-state index in [0.29, 0.717) is 11.3 Å². The first kappa shape index (κ1) is 21.5. The van der Waals surface area contributed by atoms with Crippen molar-refractivity contribution in [3.8, 4) is 5.75 Å². The smallest absolute Gasteiger partial charge is 0.256 e. The highest BCUT2D eigenvalue weighted by Crippen LogP contribution is 2.29. The number of sulfonamides is 1. The maximum Gasteiger partial charge on any atom is 0.256 e. The molecule has 0 aliphatic carbocycles. The van der Waals surface area contributed by atoms with Crippen molar-refractivity contribution >= 4 is 21.6 Å². The molecule has 0 aromatic heterocycles. The number of methoxy groups -OCH3 is 1. The number of ether oxygens (including phenoxy) is 1. The molecule has 0 spiro atoms. The van der Waals surface area contributed by atoms with Crippen LogP contribution in [0.25, 0.3) is 0 Å². The SMILES string of the molecule is COc1ccc(S(=O)(=O)N[C@H](C)c2ccccc2)cc1NC(=O)c1ccccc1C. The van der Waals surface area contributed by atoms with Gasteiger partial charge in [0, 0.05) is 11.6 Å². The van der Waals surface area contributed by atoms with Gasteiger partial charge >= 0.3 is 0 Å². The molecule has 0 heterocycles. The van der Waals surface area contributed by atoms with Crippen molar-refractivity contribution in [1.82, 2.24) is 4.72 Å². The lowest BCUT2D eigenvalue weighted by atomic mass is 10.1. The maximum atomic E-state index is 12.9. The van der Waals surface area contributed by atoms with E-state index in [1.807, 2.05) is 49.4 Å². The molecule has 3 aromatic rings. The number of amides is 1. The number of aryl methyl sites for hydroxylation is 1. The van der Waals surface area contributed by atoms with E-state index >= 15 is 0 Å². The van der Waals surface area contributed by atoms with Crippen molar-refractivity contribution in [2.75, 3.05) is 12.4 Å². The summed E-state index contributed by atoms with van der Waals surface area (Å²) in [6.45, 7) is 3.61. The summed E-state index contributed by atoms with van der Waals surface area (Å²) in [6.07, 6.45) is 0. The Balaban J connectivity index is 1.88. The molecule has 1 amide bonds. The van der Waals surface area contributed by atoms with Gasteiger partial charge in [-0.25, -0.2) is 13.1 Å². The summed E-state index contributed by atoms with van der Waals surface area (Å²) in [5, 5.41) is 2.76. The Hall–Kier alpha value is -3.16. The van der Waals surface area contributed by atoms with E-state index in [4.69, 9.17) is 4.74 Å². The number of hydrogen-bond acceptors (Lipinski definition) is 4. The predicted molar refractivity (Wildman–Crippen MR) is 117 cm³/mol. The highest BCUT2D eigenvalue weighted by Gasteiger charge is 2.21. The molecule has 1 atom stereocenters. The maximum absolute atomic E-state index is 12.9. The summed E-state index contributed by atoms with van der Waals surface area (Å²) < 4.78 is 33.8. The molecule has 0 fully saturated rings. The van der Waals surface area contributed by atoms with E-state index in [1.165, 1.54) is 25.3 Å². The first-order chi connectivity index (χ1) is 14.3. The number of anilines is 1. The fourth-order valence-corrected chi connectivity index (χ4v) is 4.34. The Morgan fingerprint density at radius 1 is 0.967 bits per heavy atom. The van der Waals surface area contributed by atoms with Gasteiger partial charge in [-0.1, -0.05) is 48.5 Å². The van der Waals surface area contributed by atoms with Gasteiger partial charge in [-0.2, -0.15) is 0 Å². The molecule has 30 heavy (non-hydrogen) atoms. The van der Waals surface area contributed by atoms with Gasteiger partial charge in [0.1, 0.15) is 5.75 Å². The fourth-order valence-electron chi connectivity index (χ4n) is 3.08. The average Bonchev–Trinajstić information content (AvgIpc) is 2.74. The van der Waals surface area contributed by atoms with E-state index in [0.717, 1.165) is 11.1 Å². The Labute approximate surface area is 177 Å². The zero-order chi connectivity index (χ0) is 21.7. The molecular formula is C23H24N2O4S. The largest absolute Gasteiger partial charge is 0.495 e. The van der Waals surface area contributed by atoms with Gasteiger partial charge in [0.2, 0.25) is 10.0 Å². The third-order valence-corrected chi connectivity index (χ3v) is 6.29. The topological polar surface area (TPSA) is 84.5 Å². The zero-order valence-corrected chi connectivity index (χ0v) is 17.9. The normalized spacial score (nSPS) is 12.2. The van der Waals surface area contributed by atoms with Gasteiger partial charge in [0.25, 0.3) is 5.91 Å². The molecule has 0 unspecified atom stereocenters. The number of hydrogen-bond donors (Lipinski definition) is 2. The van der Waals surface area contributed by atoms with Crippen LogP contribution in [0.1, 0.15) is 34.5 Å². The summed E-state index contributed by atoms with van der Waals surface area (Å²) in [4.78, 5) is 12.7. The lowest BCUT2D eigenvalue weighted by molar-refractivity contribution is 0.102. The van der Waals surface area contributed by atoms with Gasteiger partial charge in [0.15, 0.2) is 0 Å². The van der Waals surface area contributed by atoms with Gasteiger partial charge in [-0.05, 0) is 49.2 Å². The minimum atomic E-state index is -3.82. The highest BCUT2D eigenvalue weighted by atomic mass is 32.2. The summed E-state index contributed by atoms with van der Waals surface area (Å²) in [5.74, 6) is 0.0264. The molecule has 0 saturated heterocycles. The van der Waals surface area contributed by atoms with Crippen molar-refractivity contribution in [3.05, 3.63) is 89.5 Å². The zero-order valence-electron chi connectivity index (χ0n) is 17.0. The molecule has 156 valence electrons. The fraction of sp³-hybridized carbons (Fsp3) is 0.174. The summed E-state index contributed by atoms with van der Waals surface area (Å²) in [5.41, 5.74) is 2.45. The Kier molecular flexibility index (Phi) is 6.54. The van der Waals surface area contributed by atoms with Gasteiger partial charge < -0.3 is 10.1 Å². The van der Waals surface area contributed by atoms with Crippen LogP contribution in [0.4, 0.5) is 5.69 Å². The number of nitrogens with one attached hydrogen (secondary N) is 2. The van der Waals surface area contributed by atoms with E-state index < -0.39 is 16.1 Å². The molecule has 3 rings (SSSR count). The first-order valence-electron chi connectivity index (χ1n) is 9.44. The molecule has 0 bridgehead atoms. The quantitative estimate of drug-likeness (QED) is 0.592. The molecule has 2 N–H and O–H groups in total. The van der Waals surface area contributed by atoms with Crippen molar-refractivity contribution in [2.24, 2.45) is 0 Å². The predicted octanol–water partition coefficient (Wildman–Crippen LogP) is 4.30. The monoisotopic (exact) mass is 424 g/mol. The Bertz CT molecular complexity index is 1140. The standard InChI is InChI=1S/C23H24N2O4S/c1-16-9-7-8-12-20(16)23(26)24-21-15-19(13-14-22(21)29-3)30(27,28)25-17(2)18-10-5-4-6-11-18/h4-15,17,25H,1-3H3,(H,24,26)/t17-/m1/s1. The molecule has 0 radical (unpaired) electrons. The van der Waals surface area contributed by atoms with Crippen molar-refractivity contribution < 1.29 is 17.9 Å². The Morgan fingerprint density at radius 3 is 2.30 bits per heavy atom. The van der Waals surface area contributed by atoms with Crippen LogP contribution < -0.4 is 14.8 Å². The summed E-state index contributed by atoms with van der Waals surface area (Å²) in [7, 11) is -2.36. The van der Waals surface area contributed by atoms with E-state index in [9.17, 15) is 13.2 Å². The summed E-state index contributed by atoms with van der Waals surface area (Å²) in [6, 6.07) is 20.4. The molecule has 0 aliphatic heterocycles. The van der Waals surface area contributed by atoms with E-state index in [1.54, 1.807) is 19.1 Å². The van der Waals surface area contributed by atoms with E-state index in [2.05, 4.69) is 10.0 Å². The second-order valence-electron chi connectivity index (χ2n) is 6.88. The van der Waals surface area contributed by atoms with Crippen LogP contribution in [0, 0.1) is 6.92 Å².